The maximum absolute atomic E-state index is 12.1. The third kappa shape index (κ3) is 3.50. The molecule has 1 fully saturated rings. The van der Waals surface area contributed by atoms with Crippen molar-refractivity contribution >= 4 is 15.7 Å². The number of hydrogen-bond acceptors (Lipinski definition) is 6. The predicted molar refractivity (Wildman–Crippen MR) is 81.4 cm³/mol. The van der Waals surface area contributed by atoms with E-state index in [4.69, 9.17) is 0 Å². The monoisotopic (exact) mass is 337 g/mol. The average Bonchev–Trinajstić information content (AvgIpc) is 3.03. The number of aromatic nitrogens is 2. The molecule has 0 spiro atoms. The molecule has 1 aromatic carbocycles. The first kappa shape index (κ1) is 15.5. The highest BCUT2D eigenvalue weighted by molar-refractivity contribution is 7.91. The van der Waals surface area contributed by atoms with Crippen LogP contribution in [0.5, 0.6) is 0 Å². The van der Waals surface area contributed by atoms with Gasteiger partial charge in [0.15, 0.2) is 15.7 Å². The third-order valence-corrected chi connectivity index (χ3v) is 5.39. The molecule has 3 rings (SSSR count). The summed E-state index contributed by atoms with van der Waals surface area (Å²) >= 11 is 0. The summed E-state index contributed by atoms with van der Waals surface area (Å²) in [5.41, 5.74) is 0.648. The molecule has 0 saturated carbocycles. The summed E-state index contributed by atoms with van der Waals surface area (Å²) in [6.45, 7) is -0.275. The fourth-order valence-electron chi connectivity index (χ4n) is 2.53. The maximum Gasteiger partial charge on any atom is 0.442 e. The minimum atomic E-state index is -3.08. The Bertz CT molecular complexity index is 869. The number of rotatable bonds is 4. The Balaban J connectivity index is 1.75. The van der Waals surface area contributed by atoms with Gasteiger partial charge in [-0.1, -0.05) is 35.5 Å². The van der Waals surface area contributed by atoms with Crippen molar-refractivity contribution in [3.8, 4) is 11.4 Å². The van der Waals surface area contributed by atoms with Crippen molar-refractivity contribution in [2.45, 2.75) is 19.0 Å². The van der Waals surface area contributed by atoms with Crippen LogP contribution in [0.25, 0.3) is 11.4 Å². The summed E-state index contributed by atoms with van der Waals surface area (Å²) in [4.78, 5) is 23.8. The highest BCUT2D eigenvalue weighted by Gasteiger charge is 2.29. The van der Waals surface area contributed by atoms with E-state index in [0.717, 1.165) is 4.57 Å². The molecule has 2 aromatic rings. The molecular weight excluding hydrogens is 322 g/mol. The zero-order valence-electron chi connectivity index (χ0n) is 12.1. The van der Waals surface area contributed by atoms with Crippen LogP contribution in [-0.2, 0) is 21.2 Å². The van der Waals surface area contributed by atoms with Crippen LogP contribution in [0.3, 0.4) is 0 Å². The minimum Gasteiger partial charge on any atom is -0.351 e. The van der Waals surface area contributed by atoms with E-state index in [0.29, 0.717) is 12.0 Å². The van der Waals surface area contributed by atoms with Crippen LogP contribution in [0.4, 0.5) is 0 Å². The van der Waals surface area contributed by atoms with Gasteiger partial charge in [-0.2, -0.15) is 0 Å². The Hall–Kier alpha value is -2.42. The van der Waals surface area contributed by atoms with Crippen molar-refractivity contribution in [3.05, 3.63) is 40.9 Å². The van der Waals surface area contributed by atoms with Gasteiger partial charge in [-0.25, -0.2) is 17.8 Å². The van der Waals surface area contributed by atoms with Gasteiger partial charge >= 0.3 is 5.76 Å². The summed E-state index contributed by atoms with van der Waals surface area (Å²) in [7, 11) is -3.08. The van der Waals surface area contributed by atoms with E-state index in [1.165, 1.54) is 0 Å². The Morgan fingerprint density at radius 1 is 1.35 bits per heavy atom. The lowest BCUT2D eigenvalue weighted by molar-refractivity contribution is -0.122. The number of nitrogens with zero attached hydrogens (tertiary/aromatic N) is 2. The molecule has 1 unspecified atom stereocenters. The molecular formula is C14H15N3O5S. The fourth-order valence-corrected chi connectivity index (χ4v) is 4.20. The highest BCUT2D eigenvalue weighted by Crippen LogP contribution is 2.15. The molecule has 1 aromatic heterocycles. The van der Waals surface area contributed by atoms with Gasteiger partial charge in [0, 0.05) is 11.6 Å². The van der Waals surface area contributed by atoms with Crippen LogP contribution in [0.1, 0.15) is 6.42 Å². The smallest absolute Gasteiger partial charge is 0.351 e. The van der Waals surface area contributed by atoms with Gasteiger partial charge in [0.05, 0.1) is 11.5 Å². The normalized spacial score (nSPS) is 19.6. The lowest BCUT2D eigenvalue weighted by Gasteiger charge is -2.11. The van der Waals surface area contributed by atoms with Crippen molar-refractivity contribution in [1.29, 1.82) is 0 Å². The quantitative estimate of drug-likeness (QED) is 0.827. The van der Waals surface area contributed by atoms with Gasteiger partial charge in [0.25, 0.3) is 0 Å². The maximum atomic E-state index is 12.1. The van der Waals surface area contributed by atoms with E-state index in [1.807, 2.05) is 6.07 Å². The molecule has 8 nitrogen and oxygen atoms in total. The van der Waals surface area contributed by atoms with Gasteiger partial charge in [-0.05, 0) is 6.42 Å². The van der Waals surface area contributed by atoms with E-state index in [9.17, 15) is 18.0 Å². The van der Waals surface area contributed by atoms with E-state index in [2.05, 4.69) is 15.0 Å². The van der Waals surface area contributed by atoms with E-state index in [1.54, 1.807) is 24.3 Å². The summed E-state index contributed by atoms with van der Waals surface area (Å²) < 4.78 is 28.6. The first-order valence-electron chi connectivity index (χ1n) is 7.06. The van der Waals surface area contributed by atoms with Crippen LogP contribution in [0, 0.1) is 0 Å². The molecule has 1 aliphatic rings. The van der Waals surface area contributed by atoms with Crippen molar-refractivity contribution in [3.63, 3.8) is 0 Å². The van der Waals surface area contributed by atoms with Gasteiger partial charge < -0.3 is 5.32 Å². The standard InChI is InChI=1S/C14H15N3O5S/c18-12(15-11-6-7-23(20,21)9-11)8-17-13(16-22-14(17)19)10-4-2-1-3-5-10/h1-5,11H,6-9H2,(H,15,18). The van der Waals surface area contributed by atoms with Crippen molar-refractivity contribution < 1.29 is 17.7 Å². The Kier molecular flexibility index (Phi) is 4.03. The Morgan fingerprint density at radius 2 is 2.09 bits per heavy atom. The fraction of sp³-hybridized carbons (Fsp3) is 0.357. The SMILES string of the molecule is O=C(Cn1c(-c2ccccc2)noc1=O)NC1CCS(=O)(=O)C1. The summed E-state index contributed by atoms with van der Waals surface area (Å²) in [5, 5.41) is 6.32. The number of nitrogens with one attached hydrogen (secondary N) is 1. The van der Waals surface area contributed by atoms with Gasteiger partial charge in [0.2, 0.25) is 5.91 Å². The molecule has 23 heavy (non-hydrogen) atoms. The zero-order valence-corrected chi connectivity index (χ0v) is 13.0. The molecule has 1 aliphatic heterocycles. The summed E-state index contributed by atoms with van der Waals surface area (Å²) in [6, 6.07) is 8.46. The molecule has 0 aliphatic carbocycles. The van der Waals surface area contributed by atoms with Crippen LogP contribution in [0.15, 0.2) is 39.6 Å². The summed E-state index contributed by atoms with van der Waals surface area (Å²) in [5.74, 6) is -0.930. The van der Waals surface area contributed by atoms with Crippen LogP contribution < -0.4 is 11.1 Å². The van der Waals surface area contributed by atoms with Gasteiger partial charge in [0.1, 0.15) is 6.54 Å². The second-order valence-electron chi connectivity index (χ2n) is 5.39. The van der Waals surface area contributed by atoms with Gasteiger partial charge in [-0.3, -0.25) is 9.32 Å². The third-order valence-electron chi connectivity index (χ3n) is 3.62. The average molecular weight is 337 g/mol. The van der Waals surface area contributed by atoms with Crippen molar-refractivity contribution in [2.24, 2.45) is 0 Å². The summed E-state index contributed by atoms with van der Waals surface area (Å²) in [6.07, 6.45) is 0.387. The first-order valence-corrected chi connectivity index (χ1v) is 8.88. The number of carbonyl (C=O) groups excluding carboxylic acids is 1. The largest absolute Gasteiger partial charge is 0.442 e. The topological polar surface area (TPSA) is 111 Å². The molecule has 0 radical (unpaired) electrons. The number of sulfone groups is 1. The minimum absolute atomic E-state index is 0.0666. The molecule has 1 atom stereocenters. The number of benzene rings is 1. The number of amides is 1. The second-order valence-corrected chi connectivity index (χ2v) is 7.62. The zero-order chi connectivity index (χ0) is 16.4. The van der Waals surface area contributed by atoms with Crippen LogP contribution >= 0.6 is 0 Å². The Morgan fingerprint density at radius 3 is 2.74 bits per heavy atom. The molecule has 2 heterocycles. The van der Waals surface area contributed by atoms with Crippen LogP contribution in [-0.4, -0.2) is 41.6 Å². The van der Waals surface area contributed by atoms with Gasteiger partial charge in [-0.15, -0.1) is 0 Å². The predicted octanol–water partition coefficient (Wildman–Crippen LogP) is -0.193. The molecule has 1 N–H and O–H groups in total. The Labute approximate surface area is 132 Å². The second kappa shape index (κ2) is 5.99. The lowest BCUT2D eigenvalue weighted by Crippen LogP contribution is -2.39. The van der Waals surface area contributed by atoms with Crippen molar-refractivity contribution in [2.75, 3.05) is 11.5 Å². The molecule has 1 saturated heterocycles. The molecule has 9 heteroatoms. The van der Waals surface area contributed by atoms with E-state index >= 15 is 0 Å². The molecule has 122 valence electrons. The number of carbonyl (C=O) groups is 1. The van der Waals surface area contributed by atoms with E-state index in [-0.39, 0.29) is 23.9 Å². The molecule has 1 amide bonds. The number of hydrogen-bond donors (Lipinski definition) is 1. The lowest BCUT2D eigenvalue weighted by atomic mass is 10.2. The van der Waals surface area contributed by atoms with E-state index < -0.39 is 27.5 Å². The highest BCUT2D eigenvalue weighted by atomic mass is 32.2. The van der Waals surface area contributed by atoms with Crippen LogP contribution in [0.2, 0.25) is 0 Å². The molecule has 0 bridgehead atoms. The first-order chi connectivity index (χ1) is 10.9. The van der Waals surface area contributed by atoms with Crippen molar-refractivity contribution in [1.82, 2.24) is 15.0 Å².